The Kier molecular flexibility index (Phi) is 5.19. The third-order valence-corrected chi connectivity index (χ3v) is 4.28. The van der Waals surface area contributed by atoms with E-state index in [4.69, 9.17) is 10.00 Å². The number of hydrogen-bond acceptors (Lipinski definition) is 4. The van der Waals surface area contributed by atoms with Crippen LogP contribution in [0.3, 0.4) is 0 Å². The van der Waals surface area contributed by atoms with E-state index in [0.29, 0.717) is 18.9 Å². The Bertz CT molecular complexity index is 344. The van der Waals surface area contributed by atoms with Gasteiger partial charge in [-0.15, -0.1) is 0 Å². The first-order valence-corrected chi connectivity index (χ1v) is 7.10. The largest absolute Gasteiger partial charge is 0.380 e. The van der Waals surface area contributed by atoms with Crippen molar-refractivity contribution in [1.29, 1.82) is 5.26 Å². The monoisotopic (exact) mass is 246 g/mol. The highest BCUT2D eigenvalue weighted by Crippen LogP contribution is 2.28. The van der Waals surface area contributed by atoms with Crippen LogP contribution >= 0.6 is 0 Å². The summed E-state index contributed by atoms with van der Waals surface area (Å²) in [6.45, 7) is 3.01. The third-order valence-electron chi connectivity index (χ3n) is 2.49. The van der Waals surface area contributed by atoms with Gasteiger partial charge in [-0.05, 0) is 25.2 Å². The van der Waals surface area contributed by atoms with Crippen molar-refractivity contribution in [1.82, 2.24) is 4.72 Å². The van der Waals surface area contributed by atoms with Gasteiger partial charge < -0.3 is 4.74 Å². The van der Waals surface area contributed by atoms with Crippen LogP contribution in [-0.2, 0) is 14.8 Å². The summed E-state index contributed by atoms with van der Waals surface area (Å²) in [6, 6.07) is 1.77. The van der Waals surface area contributed by atoms with E-state index >= 15 is 0 Å². The number of ether oxygens (including phenoxy) is 1. The zero-order valence-electron chi connectivity index (χ0n) is 9.48. The van der Waals surface area contributed by atoms with Gasteiger partial charge in [-0.3, -0.25) is 0 Å². The number of nitrogens with zero attached hydrogens (tertiary/aromatic N) is 1. The van der Waals surface area contributed by atoms with E-state index in [1.54, 1.807) is 13.0 Å². The lowest BCUT2D eigenvalue weighted by Crippen LogP contribution is -2.35. The van der Waals surface area contributed by atoms with Crippen LogP contribution in [0.5, 0.6) is 0 Å². The highest BCUT2D eigenvalue weighted by atomic mass is 32.2. The molecule has 16 heavy (non-hydrogen) atoms. The highest BCUT2D eigenvalue weighted by molar-refractivity contribution is 7.90. The van der Waals surface area contributed by atoms with Gasteiger partial charge in [0.15, 0.2) is 5.25 Å². The van der Waals surface area contributed by atoms with E-state index in [1.807, 2.05) is 0 Å². The molecular formula is C10H18N2O3S. The fourth-order valence-corrected chi connectivity index (χ4v) is 2.42. The van der Waals surface area contributed by atoms with Gasteiger partial charge in [-0.1, -0.05) is 6.92 Å². The van der Waals surface area contributed by atoms with Crippen molar-refractivity contribution in [3.63, 3.8) is 0 Å². The van der Waals surface area contributed by atoms with E-state index in [2.05, 4.69) is 4.72 Å². The summed E-state index contributed by atoms with van der Waals surface area (Å²) in [5, 5.41) is 7.68. The van der Waals surface area contributed by atoms with Crippen LogP contribution in [-0.4, -0.2) is 33.4 Å². The molecule has 0 spiro atoms. The van der Waals surface area contributed by atoms with E-state index in [1.165, 1.54) is 12.8 Å². The van der Waals surface area contributed by atoms with Crippen LogP contribution in [0, 0.1) is 17.2 Å². The summed E-state index contributed by atoms with van der Waals surface area (Å²) in [7, 11) is -3.50. The second-order valence-corrected chi connectivity index (χ2v) is 5.93. The van der Waals surface area contributed by atoms with Gasteiger partial charge in [-0.2, -0.15) is 5.26 Å². The molecule has 0 aromatic rings. The molecule has 0 aromatic carbocycles. The topological polar surface area (TPSA) is 79.2 Å². The zero-order valence-corrected chi connectivity index (χ0v) is 10.3. The van der Waals surface area contributed by atoms with Crippen LogP contribution in [0.15, 0.2) is 0 Å². The minimum atomic E-state index is -3.50. The second kappa shape index (κ2) is 6.18. The molecule has 1 fully saturated rings. The molecule has 92 valence electrons. The maximum Gasteiger partial charge on any atom is 0.228 e. The molecule has 0 heterocycles. The molecular weight excluding hydrogens is 228 g/mol. The van der Waals surface area contributed by atoms with Crippen LogP contribution in [0.1, 0.15) is 26.2 Å². The number of sulfonamides is 1. The number of nitrogens with one attached hydrogen (secondary N) is 1. The molecule has 0 aliphatic heterocycles. The molecule has 0 amide bonds. The van der Waals surface area contributed by atoms with Gasteiger partial charge >= 0.3 is 0 Å². The van der Waals surface area contributed by atoms with Gasteiger partial charge in [0, 0.05) is 13.2 Å². The third kappa shape index (κ3) is 4.47. The molecule has 1 unspecified atom stereocenters. The lowest BCUT2D eigenvalue weighted by atomic mass is 10.4. The lowest BCUT2D eigenvalue weighted by molar-refractivity contribution is 0.129. The van der Waals surface area contributed by atoms with Crippen LogP contribution in [0.2, 0.25) is 0 Å². The van der Waals surface area contributed by atoms with Gasteiger partial charge in [0.1, 0.15) is 0 Å². The van der Waals surface area contributed by atoms with Gasteiger partial charge in [0.05, 0.1) is 12.7 Å². The van der Waals surface area contributed by atoms with Gasteiger partial charge in [-0.25, -0.2) is 13.1 Å². The minimum Gasteiger partial charge on any atom is -0.380 e. The fourth-order valence-electron chi connectivity index (χ4n) is 1.27. The van der Waals surface area contributed by atoms with Crippen molar-refractivity contribution < 1.29 is 13.2 Å². The van der Waals surface area contributed by atoms with Crippen molar-refractivity contribution in [2.24, 2.45) is 5.92 Å². The summed E-state index contributed by atoms with van der Waals surface area (Å²) < 4.78 is 30.7. The Balaban J connectivity index is 2.16. The second-order valence-electron chi connectivity index (χ2n) is 3.98. The Morgan fingerprint density at radius 1 is 1.56 bits per heavy atom. The van der Waals surface area contributed by atoms with Crippen molar-refractivity contribution in [2.75, 3.05) is 19.8 Å². The predicted octanol–water partition coefficient (Wildman–Crippen LogP) is 0.635. The molecule has 1 aliphatic carbocycles. The van der Waals surface area contributed by atoms with Crippen molar-refractivity contribution in [3.05, 3.63) is 0 Å². The maximum atomic E-state index is 11.5. The summed E-state index contributed by atoms with van der Waals surface area (Å²) in [4.78, 5) is 0. The Hall–Kier alpha value is -0.640. The number of rotatable bonds is 8. The minimum absolute atomic E-state index is 0.243. The first-order valence-electron chi connectivity index (χ1n) is 5.56. The summed E-state index contributed by atoms with van der Waals surface area (Å²) >= 11 is 0. The smallest absolute Gasteiger partial charge is 0.228 e. The molecule has 0 bridgehead atoms. The summed E-state index contributed by atoms with van der Waals surface area (Å²) in [6.07, 6.45) is 2.74. The maximum absolute atomic E-state index is 11.5. The van der Waals surface area contributed by atoms with Gasteiger partial charge in [0.2, 0.25) is 10.0 Å². The number of nitriles is 1. The molecule has 1 atom stereocenters. The normalized spacial score (nSPS) is 18.0. The molecule has 0 saturated heterocycles. The zero-order chi connectivity index (χ0) is 12.0. The van der Waals surface area contributed by atoms with Crippen molar-refractivity contribution in [3.8, 4) is 6.07 Å². The van der Waals surface area contributed by atoms with E-state index in [-0.39, 0.29) is 6.54 Å². The Labute approximate surface area is 96.8 Å². The molecule has 1 aliphatic rings. The fraction of sp³-hybridized carbons (Fsp3) is 0.900. The number of hydrogen-bond donors (Lipinski definition) is 1. The van der Waals surface area contributed by atoms with Crippen molar-refractivity contribution >= 4 is 10.0 Å². The molecule has 0 aromatic heterocycles. The Morgan fingerprint density at radius 3 is 2.75 bits per heavy atom. The van der Waals surface area contributed by atoms with E-state index in [9.17, 15) is 8.42 Å². The molecule has 0 radical (unpaired) electrons. The average Bonchev–Trinajstić information content (AvgIpc) is 3.02. The average molecular weight is 246 g/mol. The highest BCUT2D eigenvalue weighted by Gasteiger charge is 2.23. The molecule has 5 nitrogen and oxygen atoms in total. The van der Waals surface area contributed by atoms with Crippen LogP contribution < -0.4 is 4.72 Å². The lowest BCUT2D eigenvalue weighted by Gasteiger charge is -2.10. The first-order chi connectivity index (χ1) is 7.60. The van der Waals surface area contributed by atoms with Crippen LogP contribution in [0.25, 0.3) is 0 Å². The van der Waals surface area contributed by atoms with Crippen molar-refractivity contribution in [2.45, 2.75) is 31.4 Å². The van der Waals surface area contributed by atoms with Gasteiger partial charge in [0.25, 0.3) is 0 Å². The van der Waals surface area contributed by atoms with E-state index in [0.717, 1.165) is 6.61 Å². The standard InChI is InChI=1S/C10H18N2O3S/c1-2-10(7-11)16(13,14)12-5-6-15-8-9-3-4-9/h9-10,12H,2-6,8H2,1H3. The first kappa shape index (κ1) is 13.4. The molecule has 1 rings (SSSR count). The Morgan fingerprint density at radius 2 is 2.25 bits per heavy atom. The summed E-state index contributed by atoms with van der Waals surface area (Å²) in [5.74, 6) is 0.680. The molecule has 1 saturated carbocycles. The summed E-state index contributed by atoms with van der Waals surface area (Å²) in [5.41, 5.74) is 0. The molecule has 6 heteroatoms. The van der Waals surface area contributed by atoms with E-state index < -0.39 is 15.3 Å². The quantitative estimate of drug-likeness (QED) is 0.637. The predicted molar refractivity (Wildman–Crippen MR) is 60.2 cm³/mol. The molecule has 1 N–H and O–H groups in total. The SMILES string of the molecule is CCC(C#N)S(=O)(=O)NCCOCC1CC1. The van der Waals surface area contributed by atoms with Crippen LogP contribution in [0.4, 0.5) is 0 Å².